The van der Waals surface area contributed by atoms with Crippen LogP contribution >= 0.6 is 27.5 Å². The molecule has 0 spiro atoms. The van der Waals surface area contributed by atoms with Crippen LogP contribution in [0.3, 0.4) is 0 Å². The molecule has 0 aliphatic heterocycles. The summed E-state index contributed by atoms with van der Waals surface area (Å²) in [6.07, 6.45) is 0. The Hall–Kier alpha value is -1.39. The van der Waals surface area contributed by atoms with Crippen molar-refractivity contribution >= 4 is 44.6 Å². The van der Waals surface area contributed by atoms with E-state index in [1.54, 1.807) is 13.2 Å². The molecular weight excluding hydrogens is 316 g/mol. The van der Waals surface area contributed by atoms with Crippen molar-refractivity contribution in [3.05, 3.63) is 45.9 Å². The zero-order valence-electron chi connectivity index (χ0n) is 9.71. The first-order valence-electron chi connectivity index (χ1n) is 5.26. The molecule has 3 nitrogen and oxygen atoms in total. The van der Waals surface area contributed by atoms with Crippen molar-refractivity contribution in [1.29, 1.82) is 0 Å². The summed E-state index contributed by atoms with van der Waals surface area (Å²) in [5.41, 5.74) is 8.09. The van der Waals surface area contributed by atoms with Crippen molar-refractivity contribution in [3.8, 4) is 5.75 Å². The molecule has 0 heterocycles. The van der Waals surface area contributed by atoms with Crippen LogP contribution in [-0.4, -0.2) is 7.11 Å². The monoisotopic (exact) mass is 326 g/mol. The lowest BCUT2D eigenvalue weighted by Crippen LogP contribution is -1.96. The van der Waals surface area contributed by atoms with Crippen molar-refractivity contribution < 1.29 is 4.74 Å². The second-order valence-corrected chi connectivity index (χ2v) is 5.00. The zero-order chi connectivity index (χ0) is 13.1. The highest BCUT2D eigenvalue weighted by Crippen LogP contribution is 2.33. The van der Waals surface area contributed by atoms with Gasteiger partial charge in [-0.1, -0.05) is 11.6 Å². The van der Waals surface area contributed by atoms with Gasteiger partial charge in [0.2, 0.25) is 0 Å². The number of hydrogen-bond acceptors (Lipinski definition) is 3. The van der Waals surface area contributed by atoms with E-state index in [0.29, 0.717) is 10.7 Å². The molecule has 0 amide bonds. The third-order valence-electron chi connectivity index (χ3n) is 2.42. The van der Waals surface area contributed by atoms with Crippen LogP contribution in [0.25, 0.3) is 0 Å². The molecule has 5 heteroatoms. The van der Waals surface area contributed by atoms with Crippen LogP contribution in [0.1, 0.15) is 0 Å². The molecule has 2 aromatic rings. The van der Waals surface area contributed by atoms with E-state index in [1.165, 1.54) is 0 Å². The van der Waals surface area contributed by atoms with E-state index in [9.17, 15) is 0 Å². The highest BCUT2D eigenvalue weighted by Gasteiger charge is 2.06. The van der Waals surface area contributed by atoms with E-state index in [2.05, 4.69) is 21.2 Å². The summed E-state index contributed by atoms with van der Waals surface area (Å²) in [7, 11) is 1.62. The summed E-state index contributed by atoms with van der Waals surface area (Å²) < 4.78 is 6.15. The molecular formula is C13H12BrClN2O. The maximum Gasteiger partial charge on any atom is 0.142 e. The number of ether oxygens (including phenoxy) is 1. The quantitative estimate of drug-likeness (QED) is 0.819. The number of anilines is 3. The summed E-state index contributed by atoms with van der Waals surface area (Å²) in [6, 6.07) is 11.0. The summed E-state index contributed by atoms with van der Waals surface area (Å²) in [6.45, 7) is 0. The van der Waals surface area contributed by atoms with Crippen molar-refractivity contribution in [2.45, 2.75) is 0 Å². The molecule has 0 bridgehead atoms. The van der Waals surface area contributed by atoms with Gasteiger partial charge in [0.05, 0.1) is 18.5 Å². The smallest absolute Gasteiger partial charge is 0.142 e. The van der Waals surface area contributed by atoms with Gasteiger partial charge in [0.25, 0.3) is 0 Å². The zero-order valence-corrected chi connectivity index (χ0v) is 12.0. The average molecular weight is 328 g/mol. The topological polar surface area (TPSA) is 47.3 Å². The van der Waals surface area contributed by atoms with Gasteiger partial charge in [0.15, 0.2) is 0 Å². The predicted octanol–water partition coefficient (Wildman–Crippen LogP) is 4.44. The first-order chi connectivity index (χ1) is 8.60. The minimum atomic E-state index is 0.643. The SMILES string of the molecule is COc1ccc(Cl)cc1Nc1ccc(N)cc1Br. The number of methoxy groups -OCH3 is 1. The average Bonchev–Trinajstić information content (AvgIpc) is 2.33. The number of rotatable bonds is 3. The van der Waals surface area contributed by atoms with Crippen LogP contribution in [0.15, 0.2) is 40.9 Å². The number of hydrogen-bond donors (Lipinski definition) is 2. The van der Waals surface area contributed by atoms with E-state index in [1.807, 2.05) is 30.3 Å². The molecule has 0 saturated heterocycles. The number of halogens is 2. The van der Waals surface area contributed by atoms with Crippen LogP contribution < -0.4 is 15.8 Å². The van der Waals surface area contributed by atoms with Gasteiger partial charge in [-0.05, 0) is 52.3 Å². The van der Waals surface area contributed by atoms with Gasteiger partial charge < -0.3 is 15.8 Å². The Morgan fingerprint density at radius 2 is 1.94 bits per heavy atom. The van der Waals surface area contributed by atoms with Gasteiger partial charge in [0, 0.05) is 15.2 Å². The highest BCUT2D eigenvalue weighted by atomic mass is 79.9. The van der Waals surface area contributed by atoms with Gasteiger partial charge in [0.1, 0.15) is 5.75 Å². The van der Waals surface area contributed by atoms with Crippen LogP contribution in [0.2, 0.25) is 5.02 Å². The van der Waals surface area contributed by atoms with Gasteiger partial charge >= 0.3 is 0 Å². The third-order valence-corrected chi connectivity index (χ3v) is 3.32. The van der Waals surface area contributed by atoms with Gasteiger partial charge in [-0.25, -0.2) is 0 Å². The van der Waals surface area contributed by atoms with Gasteiger partial charge in [-0.2, -0.15) is 0 Å². The summed E-state index contributed by atoms with van der Waals surface area (Å²) in [5, 5.41) is 3.89. The number of benzene rings is 2. The molecule has 3 N–H and O–H groups in total. The Kier molecular flexibility index (Phi) is 3.99. The fourth-order valence-corrected chi connectivity index (χ4v) is 2.22. The molecule has 18 heavy (non-hydrogen) atoms. The maximum absolute atomic E-state index is 5.98. The lowest BCUT2D eigenvalue weighted by Gasteiger charge is -2.13. The Morgan fingerprint density at radius 3 is 2.61 bits per heavy atom. The summed E-state index contributed by atoms with van der Waals surface area (Å²) in [4.78, 5) is 0. The molecule has 0 aromatic heterocycles. The largest absolute Gasteiger partial charge is 0.495 e. The van der Waals surface area contributed by atoms with Crippen molar-refractivity contribution in [2.75, 3.05) is 18.2 Å². The standard InChI is InChI=1S/C13H12BrClN2O/c1-18-13-5-2-8(15)6-12(13)17-11-4-3-9(16)7-10(11)14/h2-7,17H,16H2,1H3. The van der Waals surface area contributed by atoms with Crippen LogP contribution in [0.4, 0.5) is 17.1 Å². The van der Waals surface area contributed by atoms with Crippen LogP contribution in [-0.2, 0) is 0 Å². The van der Waals surface area contributed by atoms with E-state index in [4.69, 9.17) is 22.1 Å². The van der Waals surface area contributed by atoms with E-state index in [-0.39, 0.29) is 0 Å². The summed E-state index contributed by atoms with van der Waals surface area (Å²) >= 11 is 9.43. The third kappa shape index (κ3) is 2.89. The number of nitrogens with one attached hydrogen (secondary N) is 1. The van der Waals surface area contributed by atoms with E-state index in [0.717, 1.165) is 21.6 Å². The van der Waals surface area contributed by atoms with E-state index < -0.39 is 0 Å². The number of nitrogens with two attached hydrogens (primary N) is 1. The Balaban J connectivity index is 2.36. The molecule has 0 unspecified atom stereocenters. The van der Waals surface area contributed by atoms with Gasteiger partial charge in [-0.15, -0.1) is 0 Å². The first-order valence-corrected chi connectivity index (χ1v) is 6.43. The normalized spacial score (nSPS) is 10.2. The predicted molar refractivity (Wildman–Crippen MR) is 79.8 cm³/mol. The fraction of sp³-hybridized carbons (Fsp3) is 0.0769. The second kappa shape index (κ2) is 5.50. The molecule has 0 radical (unpaired) electrons. The Bertz CT molecular complexity index is 575. The fourth-order valence-electron chi connectivity index (χ4n) is 1.56. The molecule has 0 atom stereocenters. The molecule has 2 rings (SSSR count). The highest BCUT2D eigenvalue weighted by molar-refractivity contribution is 9.10. The molecule has 0 aliphatic carbocycles. The number of nitrogen functional groups attached to an aromatic ring is 1. The van der Waals surface area contributed by atoms with Gasteiger partial charge in [-0.3, -0.25) is 0 Å². The lowest BCUT2D eigenvalue weighted by molar-refractivity contribution is 0.417. The first kappa shape index (κ1) is 13.1. The van der Waals surface area contributed by atoms with Crippen molar-refractivity contribution in [2.24, 2.45) is 0 Å². The van der Waals surface area contributed by atoms with Crippen molar-refractivity contribution in [1.82, 2.24) is 0 Å². The molecule has 94 valence electrons. The molecule has 0 saturated carbocycles. The molecule has 0 aliphatic rings. The molecule has 0 fully saturated rings. The van der Waals surface area contributed by atoms with E-state index >= 15 is 0 Å². The Labute approximate surface area is 119 Å². The maximum atomic E-state index is 5.98. The molecule has 2 aromatic carbocycles. The van der Waals surface area contributed by atoms with Crippen LogP contribution in [0, 0.1) is 0 Å². The Morgan fingerprint density at radius 1 is 1.17 bits per heavy atom. The lowest BCUT2D eigenvalue weighted by atomic mass is 10.2. The van der Waals surface area contributed by atoms with Crippen LogP contribution in [0.5, 0.6) is 5.75 Å². The second-order valence-electron chi connectivity index (χ2n) is 3.71. The summed E-state index contributed by atoms with van der Waals surface area (Å²) in [5.74, 6) is 0.725. The van der Waals surface area contributed by atoms with Crippen molar-refractivity contribution in [3.63, 3.8) is 0 Å². The minimum Gasteiger partial charge on any atom is -0.495 e. The minimum absolute atomic E-state index is 0.643.